The first-order valence-electron chi connectivity index (χ1n) is 12.3. The molecular weight excluding hydrogens is 532 g/mol. The molecule has 0 bridgehead atoms. The topological polar surface area (TPSA) is 166 Å². The lowest BCUT2D eigenvalue weighted by molar-refractivity contribution is -0.404. The van der Waals surface area contributed by atoms with Gasteiger partial charge in [-0.1, -0.05) is 62.1 Å². The standard InChI is InChI=1S/C23H23NO.C6H3N3O7/c1-19(2)23(16-15-20-10-5-3-6-11-20)24(18-22-14-9-17-25-22)21-12-7-4-8-13-21;10-6-4(8(13)14)1-3(7(11)12)2-5(6)9(15)16/h3-14,17,19,23H,18H2,1-2H3;1-2,10H. The van der Waals surface area contributed by atoms with Crippen LogP contribution in [0.15, 0.2) is 95.6 Å². The van der Waals surface area contributed by atoms with Gasteiger partial charge < -0.3 is 14.4 Å². The van der Waals surface area contributed by atoms with E-state index in [0.29, 0.717) is 24.6 Å². The second-order valence-electron chi connectivity index (χ2n) is 8.97. The predicted molar refractivity (Wildman–Crippen MR) is 151 cm³/mol. The van der Waals surface area contributed by atoms with E-state index in [-0.39, 0.29) is 6.04 Å². The van der Waals surface area contributed by atoms with Gasteiger partial charge in [0, 0.05) is 11.3 Å². The fourth-order valence-electron chi connectivity index (χ4n) is 3.80. The number of aromatic hydroxyl groups is 1. The Bertz CT molecular complexity index is 1510. The molecule has 0 spiro atoms. The van der Waals surface area contributed by atoms with Gasteiger partial charge in [0.1, 0.15) is 5.76 Å². The van der Waals surface area contributed by atoms with Crippen LogP contribution in [0.2, 0.25) is 0 Å². The molecule has 210 valence electrons. The summed E-state index contributed by atoms with van der Waals surface area (Å²) in [6.45, 7) is 5.12. The van der Waals surface area contributed by atoms with Crippen LogP contribution in [-0.4, -0.2) is 25.9 Å². The molecule has 0 radical (unpaired) electrons. The van der Waals surface area contributed by atoms with E-state index in [9.17, 15) is 30.3 Å². The molecule has 0 aliphatic heterocycles. The van der Waals surface area contributed by atoms with Crippen LogP contribution < -0.4 is 4.90 Å². The van der Waals surface area contributed by atoms with Gasteiger partial charge in [0.25, 0.3) is 11.4 Å². The lowest BCUT2D eigenvalue weighted by Crippen LogP contribution is -2.37. The lowest BCUT2D eigenvalue weighted by Gasteiger charge is -2.32. The van der Waals surface area contributed by atoms with E-state index in [1.165, 1.54) is 0 Å². The Labute approximate surface area is 234 Å². The molecule has 1 atom stereocenters. The summed E-state index contributed by atoms with van der Waals surface area (Å²) in [7, 11) is 0. The van der Waals surface area contributed by atoms with E-state index in [0.717, 1.165) is 17.0 Å². The number of phenolic OH excluding ortho intramolecular Hbond substituents is 1. The van der Waals surface area contributed by atoms with Gasteiger partial charge >= 0.3 is 11.4 Å². The highest BCUT2D eigenvalue weighted by molar-refractivity contribution is 5.64. The third-order valence-corrected chi connectivity index (χ3v) is 5.76. The van der Waals surface area contributed by atoms with Gasteiger partial charge in [0.2, 0.25) is 0 Å². The highest BCUT2D eigenvalue weighted by Gasteiger charge is 2.30. The van der Waals surface area contributed by atoms with Crippen LogP contribution >= 0.6 is 0 Å². The van der Waals surface area contributed by atoms with E-state index in [2.05, 4.69) is 54.9 Å². The minimum absolute atomic E-state index is 0.0905. The van der Waals surface area contributed by atoms with E-state index in [1.807, 2.05) is 48.5 Å². The number of nitrogens with zero attached hydrogens (tertiary/aromatic N) is 4. The number of anilines is 1. The van der Waals surface area contributed by atoms with Gasteiger partial charge in [-0.3, -0.25) is 30.3 Å². The number of para-hydroxylation sites is 1. The average molecular weight is 559 g/mol. The molecule has 0 fully saturated rings. The predicted octanol–water partition coefficient (Wildman–Crippen LogP) is 6.48. The molecule has 4 rings (SSSR count). The monoisotopic (exact) mass is 558 g/mol. The summed E-state index contributed by atoms with van der Waals surface area (Å²) in [5.74, 6) is 6.93. The quantitative estimate of drug-likeness (QED) is 0.145. The summed E-state index contributed by atoms with van der Waals surface area (Å²) < 4.78 is 5.59. The van der Waals surface area contributed by atoms with Gasteiger partial charge in [0.05, 0.1) is 45.8 Å². The zero-order valence-corrected chi connectivity index (χ0v) is 22.1. The Morgan fingerprint density at radius 3 is 1.85 bits per heavy atom. The highest BCUT2D eigenvalue weighted by Crippen LogP contribution is 2.39. The number of benzene rings is 3. The maximum Gasteiger partial charge on any atom is 0.324 e. The highest BCUT2D eigenvalue weighted by atomic mass is 16.6. The van der Waals surface area contributed by atoms with Crippen molar-refractivity contribution in [1.82, 2.24) is 0 Å². The number of nitro benzene ring substituents is 3. The van der Waals surface area contributed by atoms with Crippen molar-refractivity contribution in [2.45, 2.75) is 26.4 Å². The fourth-order valence-corrected chi connectivity index (χ4v) is 3.80. The average Bonchev–Trinajstić information content (AvgIpc) is 3.47. The maximum atomic E-state index is 10.4. The second kappa shape index (κ2) is 13.9. The van der Waals surface area contributed by atoms with Crippen molar-refractivity contribution in [3.63, 3.8) is 0 Å². The molecule has 12 heteroatoms. The van der Waals surface area contributed by atoms with Crippen molar-refractivity contribution in [1.29, 1.82) is 0 Å². The van der Waals surface area contributed by atoms with Crippen LogP contribution in [-0.2, 0) is 6.54 Å². The number of furan rings is 1. The smallest absolute Gasteiger partial charge is 0.324 e. The van der Waals surface area contributed by atoms with Gasteiger partial charge in [0.15, 0.2) is 0 Å². The van der Waals surface area contributed by atoms with Crippen molar-refractivity contribution < 1.29 is 24.3 Å². The lowest BCUT2D eigenvalue weighted by atomic mass is 10.0. The van der Waals surface area contributed by atoms with Crippen LogP contribution in [0.25, 0.3) is 0 Å². The second-order valence-corrected chi connectivity index (χ2v) is 8.97. The molecule has 4 aromatic rings. The minimum Gasteiger partial charge on any atom is -0.497 e. The van der Waals surface area contributed by atoms with Gasteiger partial charge in [-0.15, -0.1) is 0 Å². The molecule has 0 saturated carbocycles. The summed E-state index contributed by atoms with van der Waals surface area (Å²) in [5, 5.41) is 40.2. The zero-order chi connectivity index (χ0) is 29.9. The van der Waals surface area contributed by atoms with Crippen molar-refractivity contribution in [3.05, 3.63) is 133 Å². The molecule has 3 aromatic carbocycles. The summed E-state index contributed by atoms with van der Waals surface area (Å²) in [6.07, 6.45) is 1.72. The molecule has 12 nitrogen and oxygen atoms in total. The normalized spacial score (nSPS) is 10.9. The third-order valence-electron chi connectivity index (χ3n) is 5.76. The largest absolute Gasteiger partial charge is 0.497 e. The van der Waals surface area contributed by atoms with Crippen molar-refractivity contribution >= 4 is 22.7 Å². The van der Waals surface area contributed by atoms with Gasteiger partial charge in [-0.2, -0.15) is 0 Å². The Morgan fingerprint density at radius 1 is 0.829 bits per heavy atom. The molecule has 1 aromatic heterocycles. The first-order chi connectivity index (χ1) is 19.6. The van der Waals surface area contributed by atoms with Crippen LogP contribution in [0.4, 0.5) is 22.7 Å². The zero-order valence-electron chi connectivity index (χ0n) is 22.1. The molecule has 1 heterocycles. The molecular formula is C29H26N4O8. The minimum atomic E-state index is -1.21. The van der Waals surface area contributed by atoms with Gasteiger partial charge in [-0.05, 0) is 42.3 Å². The Balaban J connectivity index is 0.000000250. The summed E-state index contributed by atoms with van der Waals surface area (Å²) in [5.41, 5.74) is -0.808. The third kappa shape index (κ3) is 8.14. The summed E-state index contributed by atoms with van der Waals surface area (Å²) in [4.78, 5) is 30.1. The maximum absolute atomic E-state index is 10.4. The first kappa shape index (κ1) is 29.9. The number of hydrogen-bond acceptors (Lipinski definition) is 9. The van der Waals surface area contributed by atoms with E-state index < -0.39 is 37.6 Å². The molecule has 0 aliphatic carbocycles. The molecule has 1 N–H and O–H groups in total. The van der Waals surface area contributed by atoms with Crippen LogP contribution in [0.1, 0.15) is 25.2 Å². The Morgan fingerprint density at radius 2 is 1.39 bits per heavy atom. The number of phenols is 1. The number of non-ortho nitro benzene ring substituents is 1. The molecule has 1 unspecified atom stereocenters. The van der Waals surface area contributed by atoms with E-state index in [4.69, 9.17) is 9.52 Å². The van der Waals surface area contributed by atoms with Crippen molar-refractivity contribution in [2.24, 2.45) is 5.92 Å². The number of rotatable bonds is 8. The molecule has 0 aliphatic rings. The molecule has 41 heavy (non-hydrogen) atoms. The van der Waals surface area contributed by atoms with E-state index >= 15 is 0 Å². The van der Waals surface area contributed by atoms with Crippen molar-refractivity contribution in [3.8, 4) is 17.6 Å². The van der Waals surface area contributed by atoms with Crippen LogP contribution in [0.5, 0.6) is 5.75 Å². The SMILES string of the molecule is CC(C)C(C#Cc1ccccc1)N(Cc1ccco1)c1ccccc1.O=[N+]([O-])c1cc([N+](=O)[O-])c(O)c([N+](=O)[O-])c1. The summed E-state index contributed by atoms with van der Waals surface area (Å²) in [6, 6.07) is 25.5. The van der Waals surface area contributed by atoms with Gasteiger partial charge in [-0.25, -0.2) is 0 Å². The Hall–Kier alpha value is -5.70. The van der Waals surface area contributed by atoms with Crippen molar-refractivity contribution in [2.75, 3.05) is 4.90 Å². The first-order valence-corrected chi connectivity index (χ1v) is 12.3. The molecule has 0 saturated heterocycles. The number of hydrogen-bond donors (Lipinski definition) is 1. The summed E-state index contributed by atoms with van der Waals surface area (Å²) >= 11 is 0. The fraction of sp³-hybridized carbons (Fsp3) is 0.172. The Kier molecular flexibility index (Phi) is 10.1. The van der Waals surface area contributed by atoms with Crippen LogP contribution in [0, 0.1) is 48.1 Å². The van der Waals surface area contributed by atoms with E-state index in [1.54, 1.807) is 6.26 Å². The molecule has 0 amide bonds. The number of nitro groups is 3. The van der Waals surface area contributed by atoms with Crippen LogP contribution in [0.3, 0.4) is 0 Å².